The van der Waals surface area contributed by atoms with Gasteiger partial charge in [0.1, 0.15) is 0 Å². The van der Waals surface area contributed by atoms with Crippen LogP contribution in [0.5, 0.6) is 0 Å². The maximum absolute atomic E-state index is 4.71. The smallest absolute Gasteiger partial charge is 0.0664 e. The van der Waals surface area contributed by atoms with Crippen LogP contribution in [0.4, 0.5) is 0 Å². The van der Waals surface area contributed by atoms with Crippen LogP contribution in [0, 0.1) is 12.8 Å². The molecule has 0 spiro atoms. The minimum atomic E-state index is 0.602. The van der Waals surface area contributed by atoms with Gasteiger partial charge < -0.3 is 0 Å². The van der Waals surface area contributed by atoms with E-state index in [1.54, 1.807) is 0 Å². The molecule has 0 N–H and O–H groups in total. The molecule has 0 radical (unpaired) electrons. The molecule has 90 valence electrons. The van der Waals surface area contributed by atoms with Crippen LogP contribution in [0.1, 0.15) is 62.4 Å². The lowest BCUT2D eigenvalue weighted by Crippen LogP contribution is -2.03. The first-order chi connectivity index (χ1) is 7.59. The average Bonchev–Trinajstić information content (AvgIpc) is 2.77. The van der Waals surface area contributed by atoms with Crippen molar-refractivity contribution >= 4 is 0 Å². The first-order valence-electron chi connectivity index (χ1n) is 6.62. The van der Waals surface area contributed by atoms with Crippen molar-refractivity contribution in [3.05, 3.63) is 17.0 Å². The average molecular weight is 220 g/mol. The highest BCUT2D eigenvalue weighted by molar-refractivity contribution is 5.29. The van der Waals surface area contributed by atoms with E-state index in [2.05, 4.69) is 32.5 Å². The summed E-state index contributed by atoms with van der Waals surface area (Å²) in [5.41, 5.74) is 4.21. The Hall–Kier alpha value is -0.790. The van der Waals surface area contributed by atoms with Gasteiger partial charge in [-0.1, -0.05) is 39.5 Å². The molecule has 16 heavy (non-hydrogen) atoms. The van der Waals surface area contributed by atoms with Gasteiger partial charge in [0.2, 0.25) is 0 Å². The van der Waals surface area contributed by atoms with Crippen molar-refractivity contribution in [3.63, 3.8) is 0 Å². The van der Waals surface area contributed by atoms with Crippen molar-refractivity contribution in [2.24, 2.45) is 13.0 Å². The Labute approximate surface area is 99.0 Å². The lowest BCUT2D eigenvalue weighted by Gasteiger charge is -2.11. The predicted molar refractivity (Wildman–Crippen MR) is 67.7 cm³/mol. The van der Waals surface area contributed by atoms with Gasteiger partial charge in [-0.05, 0) is 30.7 Å². The molecule has 1 saturated carbocycles. The maximum atomic E-state index is 4.71. The van der Waals surface area contributed by atoms with E-state index < -0.39 is 0 Å². The highest BCUT2D eigenvalue weighted by atomic mass is 15.3. The van der Waals surface area contributed by atoms with Crippen LogP contribution in [0.2, 0.25) is 0 Å². The minimum Gasteiger partial charge on any atom is -0.272 e. The van der Waals surface area contributed by atoms with E-state index in [9.17, 15) is 0 Å². The van der Waals surface area contributed by atoms with Gasteiger partial charge >= 0.3 is 0 Å². The molecule has 1 fully saturated rings. The molecular weight excluding hydrogens is 196 g/mol. The Kier molecular flexibility index (Phi) is 3.36. The number of hydrogen-bond acceptors (Lipinski definition) is 1. The van der Waals surface area contributed by atoms with Crippen LogP contribution in [0.15, 0.2) is 0 Å². The Morgan fingerprint density at radius 2 is 1.94 bits per heavy atom. The van der Waals surface area contributed by atoms with E-state index in [-0.39, 0.29) is 0 Å². The molecule has 1 aromatic heterocycles. The second kappa shape index (κ2) is 4.60. The fourth-order valence-corrected chi connectivity index (χ4v) is 3.08. The predicted octanol–water partition coefficient (Wildman–Crippen LogP) is 3.58. The summed E-state index contributed by atoms with van der Waals surface area (Å²) in [5, 5.41) is 4.71. The molecule has 2 nitrogen and oxygen atoms in total. The van der Waals surface area contributed by atoms with E-state index in [1.807, 2.05) is 0 Å². The normalized spacial score (nSPS) is 17.6. The van der Waals surface area contributed by atoms with Gasteiger partial charge in [-0.3, -0.25) is 4.68 Å². The zero-order valence-corrected chi connectivity index (χ0v) is 11.1. The Morgan fingerprint density at radius 3 is 2.50 bits per heavy atom. The van der Waals surface area contributed by atoms with Gasteiger partial charge in [-0.2, -0.15) is 5.10 Å². The van der Waals surface area contributed by atoms with E-state index in [1.165, 1.54) is 49.1 Å². The second-order valence-corrected chi connectivity index (χ2v) is 5.58. The number of nitrogens with zero attached hydrogens (tertiary/aromatic N) is 2. The van der Waals surface area contributed by atoms with E-state index >= 15 is 0 Å². The molecule has 1 aliphatic carbocycles. The Bertz CT molecular complexity index is 357. The third-order valence-electron chi connectivity index (χ3n) is 3.99. The molecule has 0 aromatic carbocycles. The van der Waals surface area contributed by atoms with Gasteiger partial charge in [0, 0.05) is 12.7 Å². The molecule has 1 aliphatic rings. The summed E-state index contributed by atoms with van der Waals surface area (Å²) in [6.45, 7) is 6.75. The highest BCUT2D eigenvalue weighted by Gasteiger charge is 2.21. The monoisotopic (exact) mass is 220 g/mol. The second-order valence-electron chi connectivity index (χ2n) is 5.58. The van der Waals surface area contributed by atoms with Crippen LogP contribution in [-0.4, -0.2) is 9.78 Å². The summed E-state index contributed by atoms with van der Waals surface area (Å²) in [6.07, 6.45) is 6.87. The molecule has 1 aromatic rings. The van der Waals surface area contributed by atoms with Crippen molar-refractivity contribution < 1.29 is 0 Å². The molecule has 0 bridgehead atoms. The van der Waals surface area contributed by atoms with Gasteiger partial charge in [0.25, 0.3) is 0 Å². The van der Waals surface area contributed by atoms with E-state index in [4.69, 9.17) is 5.10 Å². The highest BCUT2D eigenvalue weighted by Crippen LogP contribution is 2.31. The Morgan fingerprint density at radius 1 is 1.31 bits per heavy atom. The maximum Gasteiger partial charge on any atom is 0.0664 e. The molecule has 2 rings (SSSR count). The number of aryl methyl sites for hydroxylation is 1. The molecule has 1 heterocycles. The fourth-order valence-electron chi connectivity index (χ4n) is 3.08. The standard InChI is InChI=1S/C14H24N2/c1-10(2)14-11(3)16(4)15-13(14)9-12-7-5-6-8-12/h10,12H,5-9H2,1-4H3. The lowest BCUT2D eigenvalue weighted by molar-refractivity contribution is 0.530. The van der Waals surface area contributed by atoms with Crippen LogP contribution in [0.3, 0.4) is 0 Å². The number of rotatable bonds is 3. The first kappa shape index (κ1) is 11.7. The van der Waals surface area contributed by atoms with Crippen molar-refractivity contribution in [1.29, 1.82) is 0 Å². The SMILES string of the molecule is Cc1c(C(C)C)c(CC2CCCC2)nn1C. The van der Waals surface area contributed by atoms with Gasteiger partial charge in [-0.15, -0.1) is 0 Å². The summed E-state index contributed by atoms with van der Waals surface area (Å²) in [6, 6.07) is 0. The summed E-state index contributed by atoms with van der Waals surface area (Å²) in [4.78, 5) is 0. The topological polar surface area (TPSA) is 17.8 Å². The summed E-state index contributed by atoms with van der Waals surface area (Å²) < 4.78 is 2.06. The van der Waals surface area contributed by atoms with Crippen molar-refractivity contribution in [2.45, 2.75) is 58.8 Å². The zero-order valence-electron chi connectivity index (χ0n) is 11.1. The van der Waals surface area contributed by atoms with Gasteiger partial charge in [0.05, 0.1) is 5.69 Å². The molecule has 0 saturated heterocycles. The largest absolute Gasteiger partial charge is 0.272 e. The molecule has 2 heteroatoms. The van der Waals surface area contributed by atoms with E-state index in [0.717, 1.165) is 5.92 Å². The van der Waals surface area contributed by atoms with Crippen LogP contribution >= 0.6 is 0 Å². The molecular formula is C14H24N2. The van der Waals surface area contributed by atoms with Crippen LogP contribution < -0.4 is 0 Å². The van der Waals surface area contributed by atoms with Crippen molar-refractivity contribution in [2.75, 3.05) is 0 Å². The summed E-state index contributed by atoms with van der Waals surface area (Å²) in [5.74, 6) is 1.50. The van der Waals surface area contributed by atoms with Gasteiger partial charge in [0.15, 0.2) is 0 Å². The van der Waals surface area contributed by atoms with Crippen molar-refractivity contribution in [1.82, 2.24) is 9.78 Å². The van der Waals surface area contributed by atoms with Crippen LogP contribution in [-0.2, 0) is 13.5 Å². The molecule has 0 unspecified atom stereocenters. The quantitative estimate of drug-likeness (QED) is 0.761. The summed E-state index contributed by atoms with van der Waals surface area (Å²) in [7, 11) is 2.07. The third-order valence-corrected chi connectivity index (χ3v) is 3.99. The molecule has 0 atom stereocenters. The van der Waals surface area contributed by atoms with Gasteiger partial charge in [-0.25, -0.2) is 0 Å². The van der Waals surface area contributed by atoms with Crippen LogP contribution in [0.25, 0.3) is 0 Å². The lowest BCUT2D eigenvalue weighted by atomic mass is 9.94. The number of hydrogen-bond donors (Lipinski definition) is 0. The summed E-state index contributed by atoms with van der Waals surface area (Å²) >= 11 is 0. The fraction of sp³-hybridized carbons (Fsp3) is 0.786. The van der Waals surface area contributed by atoms with Crippen molar-refractivity contribution in [3.8, 4) is 0 Å². The number of aromatic nitrogens is 2. The molecule has 0 aliphatic heterocycles. The minimum absolute atomic E-state index is 0.602. The Balaban J connectivity index is 2.21. The van der Waals surface area contributed by atoms with E-state index in [0.29, 0.717) is 5.92 Å². The third kappa shape index (κ3) is 2.16. The first-order valence-corrected chi connectivity index (χ1v) is 6.62. The zero-order chi connectivity index (χ0) is 11.7. The molecule has 0 amide bonds.